The van der Waals surface area contributed by atoms with Crippen LogP contribution in [-0.4, -0.2) is 27.1 Å². The van der Waals surface area contributed by atoms with Crippen molar-refractivity contribution >= 4 is 34.9 Å². The number of fused-ring (bicyclic) bond motifs is 2. The van der Waals surface area contributed by atoms with Gasteiger partial charge in [0.25, 0.3) is 0 Å². The number of halogens is 4. The number of hydrogen-bond acceptors (Lipinski definition) is 4. The van der Waals surface area contributed by atoms with Crippen LogP contribution in [0.2, 0.25) is 0 Å². The van der Waals surface area contributed by atoms with E-state index in [-0.39, 0.29) is 5.75 Å². The molecule has 9 heteroatoms. The molecule has 3 aromatic rings. The van der Waals surface area contributed by atoms with E-state index < -0.39 is 12.7 Å². The average Bonchev–Trinajstić information content (AvgIpc) is 3.10. The molecule has 0 bridgehead atoms. The molecule has 0 aliphatic carbocycles. The maximum Gasteiger partial charge on any atom is 0.387 e. The Bertz CT molecular complexity index is 1280. The number of benzene rings is 2. The van der Waals surface area contributed by atoms with Crippen LogP contribution in [0.25, 0.3) is 5.69 Å². The summed E-state index contributed by atoms with van der Waals surface area (Å²) in [5.41, 5.74) is 2.77. The van der Waals surface area contributed by atoms with Crippen LogP contribution in [0, 0.1) is 6.92 Å². The monoisotopic (exact) mass is 472 g/mol. The molecule has 1 aromatic heterocycles. The summed E-state index contributed by atoms with van der Waals surface area (Å²) in [6.45, 7) is -1.11. The predicted octanol–water partition coefficient (Wildman–Crippen LogP) is 6.43. The summed E-state index contributed by atoms with van der Waals surface area (Å²) in [4.78, 5) is 6.57. The normalized spacial score (nSPS) is 17.4. The van der Waals surface area contributed by atoms with E-state index in [2.05, 4.69) is 0 Å². The molecule has 0 amide bonds. The molecule has 0 saturated carbocycles. The van der Waals surface area contributed by atoms with Crippen LogP contribution in [0.3, 0.4) is 0 Å². The molecule has 162 valence electrons. The van der Waals surface area contributed by atoms with Crippen LogP contribution < -0.4 is 4.74 Å². The molecule has 1 atom stereocenters. The second-order valence-corrected chi connectivity index (χ2v) is 8.08. The Morgan fingerprint density at radius 1 is 1.03 bits per heavy atom. The molecule has 32 heavy (non-hydrogen) atoms. The standard InChI is InChI=1S/C23H16Cl2F2N4O/c1-13-19-20(16-9-5-6-10-18(16)32-23(26)27)30-12-14(24)11-17(25)21(30)28-22(19)31(29-13)15-7-3-2-4-8-15/h2-12,20,23H,1H3. The lowest BCUT2D eigenvalue weighted by atomic mass is 9.94. The van der Waals surface area contributed by atoms with Gasteiger partial charge in [-0.2, -0.15) is 13.9 Å². The number of aryl methyl sites for hydroxylation is 1. The van der Waals surface area contributed by atoms with Crippen LogP contribution in [-0.2, 0) is 0 Å². The minimum Gasteiger partial charge on any atom is -0.434 e. The fourth-order valence-electron chi connectivity index (χ4n) is 4.01. The third-order valence-corrected chi connectivity index (χ3v) is 5.75. The van der Waals surface area contributed by atoms with Crippen molar-refractivity contribution in [2.45, 2.75) is 19.6 Å². The van der Waals surface area contributed by atoms with Gasteiger partial charge in [-0.25, -0.2) is 9.67 Å². The van der Waals surface area contributed by atoms with Crippen molar-refractivity contribution < 1.29 is 13.5 Å². The van der Waals surface area contributed by atoms with E-state index in [0.29, 0.717) is 33.0 Å². The van der Waals surface area contributed by atoms with E-state index in [1.807, 2.05) is 37.3 Å². The number of ether oxygens (including phenoxy) is 1. The van der Waals surface area contributed by atoms with Crippen LogP contribution in [0.1, 0.15) is 22.9 Å². The number of aliphatic imine (C=N–C) groups is 1. The topological polar surface area (TPSA) is 42.6 Å². The third-order valence-electron chi connectivity index (χ3n) is 5.26. The Morgan fingerprint density at radius 2 is 1.75 bits per heavy atom. The third kappa shape index (κ3) is 3.47. The van der Waals surface area contributed by atoms with Crippen molar-refractivity contribution in [3.8, 4) is 11.4 Å². The van der Waals surface area contributed by atoms with E-state index in [4.69, 9.17) is 38.0 Å². The summed E-state index contributed by atoms with van der Waals surface area (Å²) in [5.74, 6) is 1.06. The van der Waals surface area contributed by atoms with Gasteiger partial charge in [0.1, 0.15) is 5.75 Å². The SMILES string of the molecule is Cc1nn(-c2ccccc2)c2c1C(c1ccccc1OC(F)F)N1C=C(Cl)C=C(Cl)C1=N2. The smallest absolute Gasteiger partial charge is 0.387 e. The highest BCUT2D eigenvalue weighted by atomic mass is 35.5. The summed E-state index contributed by atoms with van der Waals surface area (Å²) in [6, 6.07) is 15.6. The van der Waals surface area contributed by atoms with Gasteiger partial charge in [-0.15, -0.1) is 0 Å². The number of hydrogen-bond donors (Lipinski definition) is 0. The largest absolute Gasteiger partial charge is 0.434 e. The number of aromatic nitrogens is 2. The summed E-state index contributed by atoms with van der Waals surface area (Å²) in [6.07, 6.45) is 3.27. The Morgan fingerprint density at radius 3 is 2.50 bits per heavy atom. The van der Waals surface area contributed by atoms with Crippen molar-refractivity contribution in [2.75, 3.05) is 0 Å². The van der Waals surface area contributed by atoms with Crippen LogP contribution >= 0.6 is 23.2 Å². The number of amidine groups is 1. The maximum absolute atomic E-state index is 13.2. The minimum absolute atomic E-state index is 0.0572. The molecule has 0 N–H and O–H groups in total. The van der Waals surface area contributed by atoms with Crippen LogP contribution in [0.5, 0.6) is 5.75 Å². The molecule has 0 fully saturated rings. The summed E-state index contributed by atoms with van der Waals surface area (Å²) in [5, 5.41) is 5.43. The maximum atomic E-state index is 13.2. The molecule has 2 aromatic carbocycles. The van der Waals surface area contributed by atoms with Crippen molar-refractivity contribution in [1.29, 1.82) is 0 Å². The highest BCUT2D eigenvalue weighted by molar-refractivity contribution is 6.45. The molecule has 0 radical (unpaired) electrons. The number of alkyl halides is 2. The highest BCUT2D eigenvalue weighted by Gasteiger charge is 2.39. The minimum atomic E-state index is -2.97. The van der Waals surface area contributed by atoms with Crippen molar-refractivity contribution in [3.63, 3.8) is 0 Å². The van der Waals surface area contributed by atoms with E-state index in [1.165, 1.54) is 6.07 Å². The molecular weight excluding hydrogens is 457 g/mol. The van der Waals surface area contributed by atoms with Crippen molar-refractivity contribution in [2.24, 2.45) is 4.99 Å². The van der Waals surface area contributed by atoms with E-state index >= 15 is 0 Å². The zero-order chi connectivity index (χ0) is 22.4. The number of rotatable bonds is 4. The first-order valence-corrected chi connectivity index (χ1v) is 10.5. The van der Waals surface area contributed by atoms with Gasteiger partial charge in [0.2, 0.25) is 0 Å². The Kier molecular flexibility index (Phi) is 5.23. The zero-order valence-electron chi connectivity index (χ0n) is 16.7. The molecule has 3 heterocycles. The zero-order valence-corrected chi connectivity index (χ0v) is 18.2. The van der Waals surface area contributed by atoms with Gasteiger partial charge in [-0.1, -0.05) is 59.6 Å². The lowest BCUT2D eigenvalue weighted by Gasteiger charge is -2.37. The Hall–Kier alpha value is -3.16. The van der Waals surface area contributed by atoms with E-state index in [9.17, 15) is 8.78 Å². The summed E-state index contributed by atoms with van der Waals surface area (Å²) < 4.78 is 32.9. The van der Waals surface area contributed by atoms with Crippen LogP contribution in [0.4, 0.5) is 14.6 Å². The quantitative estimate of drug-likeness (QED) is 0.439. The molecule has 0 spiro atoms. The fourth-order valence-corrected chi connectivity index (χ4v) is 4.53. The molecule has 2 aliphatic heterocycles. The first-order chi connectivity index (χ1) is 15.4. The van der Waals surface area contributed by atoms with Gasteiger partial charge < -0.3 is 9.64 Å². The summed E-state index contributed by atoms with van der Waals surface area (Å²) in [7, 11) is 0. The van der Waals surface area contributed by atoms with Crippen molar-refractivity contribution in [1.82, 2.24) is 14.7 Å². The lowest BCUT2D eigenvalue weighted by molar-refractivity contribution is -0.0507. The summed E-state index contributed by atoms with van der Waals surface area (Å²) >= 11 is 12.8. The number of para-hydroxylation sites is 2. The number of nitrogens with zero attached hydrogens (tertiary/aromatic N) is 4. The van der Waals surface area contributed by atoms with Gasteiger partial charge in [-0.05, 0) is 31.2 Å². The second kappa shape index (κ2) is 8.07. The second-order valence-electron chi connectivity index (χ2n) is 7.24. The highest BCUT2D eigenvalue weighted by Crippen LogP contribution is 2.47. The predicted molar refractivity (Wildman–Crippen MR) is 120 cm³/mol. The molecule has 0 saturated heterocycles. The molecule has 5 nitrogen and oxygen atoms in total. The van der Waals surface area contributed by atoms with Gasteiger partial charge in [0, 0.05) is 17.3 Å². The van der Waals surface area contributed by atoms with E-state index in [1.54, 1.807) is 40.1 Å². The number of allylic oxidation sites excluding steroid dienone is 2. The molecule has 1 unspecified atom stereocenters. The van der Waals surface area contributed by atoms with E-state index in [0.717, 1.165) is 11.3 Å². The molecular formula is C23H16Cl2F2N4O. The Balaban J connectivity index is 1.78. The Labute approximate surface area is 192 Å². The van der Waals surface area contributed by atoms with Gasteiger partial charge in [0.15, 0.2) is 11.7 Å². The van der Waals surface area contributed by atoms with Crippen molar-refractivity contribution in [3.05, 3.63) is 93.8 Å². The van der Waals surface area contributed by atoms with Gasteiger partial charge >= 0.3 is 6.61 Å². The lowest BCUT2D eigenvalue weighted by Crippen LogP contribution is -2.36. The first-order valence-electron chi connectivity index (χ1n) is 9.74. The fraction of sp³-hybridized carbons (Fsp3) is 0.130. The van der Waals surface area contributed by atoms with Gasteiger partial charge in [-0.3, -0.25) is 0 Å². The molecule has 5 rings (SSSR count). The van der Waals surface area contributed by atoms with Gasteiger partial charge in [0.05, 0.1) is 27.5 Å². The first kappa shape index (κ1) is 20.7. The average molecular weight is 473 g/mol. The van der Waals surface area contributed by atoms with Crippen LogP contribution in [0.15, 0.2) is 81.9 Å². The molecule has 2 aliphatic rings.